The van der Waals surface area contributed by atoms with Gasteiger partial charge < -0.3 is 35.7 Å². The first-order valence-electron chi connectivity index (χ1n) is 19.3. The summed E-state index contributed by atoms with van der Waals surface area (Å²) in [5.41, 5.74) is 0.259. The molecule has 1 heterocycles. The summed E-state index contributed by atoms with van der Waals surface area (Å²) in [6, 6.07) is 24.4. The van der Waals surface area contributed by atoms with Gasteiger partial charge in [0.2, 0.25) is 17.7 Å². The fourth-order valence-corrected chi connectivity index (χ4v) is 6.43. The summed E-state index contributed by atoms with van der Waals surface area (Å²) in [6.07, 6.45) is -1.00. The molecule has 0 saturated heterocycles. The average Bonchev–Trinajstić information content (AvgIpc) is 3.58. The Labute approximate surface area is 347 Å². The van der Waals surface area contributed by atoms with Gasteiger partial charge in [0.25, 0.3) is 5.91 Å². The summed E-state index contributed by atoms with van der Waals surface area (Å²) in [5, 5.41) is 13.9. The highest BCUT2D eigenvalue weighted by Gasteiger charge is 2.33. The maximum atomic E-state index is 14.4. The number of anilines is 1. The van der Waals surface area contributed by atoms with Crippen molar-refractivity contribution >= 4 is 74.5 Å². The Bertz CT molecular complexity index is 2330. The van der Waals surface area contributed by atoms with E-state index in [1.54, 1.807) is 96.1 Å². The van der Waals surface area contributed by atoms with Crippen molar-refractivity contribution < 1.29 is 38.2 Å². The van der Waals surface area contributed by atoms with Crippen LogP contribution in [0.2, 0.25) is 5.02 Å². The van der Waals surface area contributed by atoms with E-state index in [0.29, 0.717) is 27.2 Å². The van der Waals surface area contributed by atoms with Crippen LogP contribution in [0.4, 0.5) is 5.69 Å². The highest BCUT2D eigenvalue weighted by atomic mass is 35.5. The second kappa shape index (κ2) is 19.0. The van der Waals surface area contributed by atoms with Crippen molar-refractivity contribution in [1.29, 1.82) is 0 Å². The van der Waals surface area contributed by atoms with Gasteiger partial charge in [-0.3, -0.25) is 28.8 Å². The number of halogens is 1. The number of rotatable bonds is 15. The van der Waals surface area contributed by atoms with E-state index in [-0.39, 0.29) is 25.0 Å². The van der Waals surface area contributed by atoms with Crippen LogP contribution in [0.5, 0.6) is 0 Å². The van der Waals surface area contributed by atoms with E-state index >= 15 is 0 Å². The molecule has 0 aliphatic heterocycles. The molecular weight excluding hydrogens is 774 g/mol. The number of hydrogen-bond donors (Lipinski definition) is 5. The summed E-state index contributed by atoms with van der Waals surface area (Å²) < 4.78 is 11.0. The van der Waals surface area contributed by atoms with Crippen LogP contribution in [0, 0.1) is 0 Å². The molecule has 3 atom stereocenters. The molecule has 1 aromatic heterocycles. The molecule has 4 amide bonds. The average molecular weight is 824 g/mol. The van der Waals surface area contributed by atoms with Gasteiger partial charge in [0.05, 0.1) is 6.42 Å². The van der Waals surface area contributed by atoms with Crippen LogP contribution in [-0.2, 0) is 39.9 Å². The van der Waals surface area contributed by atoms with Crippen molar-refractivity contribution in [2.24, 2.45) is 0 Å². The molecule has 0 aliphatic carbocycles. The van der Waals surface area contributed by atoms with E-state index in [1.165, 1.54) is 0 Å². The number of fused-ring (bicyclic) bond motifs is 2. The number of carbonyl (C=O) groups is 6. The lowest BCUT2D eigenvalue weighted by Gasteiger charge is -2.26. The summed E-state index contributed by atoms with van der Waals surface area (Å²) in [7, 11) is 0. The number of carbonyl (C=O) groups excluding carboxylic acids is 6. The summed E-state index contributed by atoms with van der Waals surface area (Å²) in [6.45, 7) is 10.1. The SMILES string of the molecule is CC(C)(C)OC(=O)CC[C@H](NC(=O)[C@H](CC(=O)OC(C)(C)C)NC(=O)[C@H](Cc1ccc2ccccc2c1)NC(=O)c1cc2cc(Cl)ccc2[nH]1)C(=O)Nc1ccccc1. The number of benzene rings is 4. The molecule has 0 radical (unpaired) electrons. The third-order valence-corrected chi connectivity index (χ3v) is 9.09. The second-order valence-electron chi connectivity index (χ2n) is 16.2. The molecule has 5 rings (SSSR count). The predicted molar refractivity (Wildman–Crippen MR) is 227 cm³/mol. The van der Waals surface area contributed by atoms with Gasteiger partial charge in [0, 0.05) is 34.5 Å². The number of hydrogen-bond acceptors (Lipinski definition) is 8. The van der Waals surface area contributed by atoms with E-state index < -0.39 is 71.3 Å². The van der Waals surface area contributed by atoms with E-state index in [1.807, 2.05) is 42.5 Å². The Morgan fingerprint density at radius 3 is 1.95 bits per heavy atom. The molecule has 0 aliphatic rings. The number of aromatic amines is 1. The van der Waals surface area contributed by atoms with Crippen molar-refractivity contribution in [2.45, 2.75) is 96.6 Å². The van der Waals surface area contributed by atoms with Gasteiger partial charge in [-0.25, -0.2) is 0 Å². The van der Waals surface area contributed by atoms with Gasteiger partial charge in [0.1, 0.15) is 35.0 Å². The Kier molecular flexibility index (Phi) is 14.2. The number of esters is 2. The third-order valence-electron chi connectivity index (χ3n) is 8.86. The van der Waals surface area contributed by atoms with Gasteiger partial charge in [-0.05, 0) is 101 Å². The lowest BCUT2D eigenvalue weighted by atomic mass is 10.0. The maximum Gasteiger partial charge on any atom is 0.308 e. The zero-order valence-electron chi connectivity index (χ0n) is 33.9. The topological polar surface area (TPSA) is 185 Å². The normalized spacial score (nSPS) is 13.1. The number of amides is 4. The lowest BCUT2D eigenvalue weighted by Crippen LogP contribution is -2.57. The Balaban J connectivity index is 1.43. The van der Waals surface area contributed by atoms with E-state index in [0.717, 1.165) is 10.8 Å². The molecule has 13 nitrogen and oxygen atoms in total. The minimum Gasteiger partial charge on any atom is -0.460 e. The molecule has 4 aromatic carbocycles. The van der Waals surface area contributed by atoms with Crippen molar-refractivity contribution in [1.82, 2.24) is 20.9 Å². The summed E-state index contributed by atoms with van der Waals surface area (Å²) in [5.74, 6) is -4.32. The maximum absolute atomic E-state index is 14.4. The van der Waals surface area contributed by atoms with Crippen molar-refractivity contribution in [3.63, 3.8) is 0 Å². The van der Waals surface area contributed by atoms with Gasteiger partial charge in [-0.2, -0.15) is 0 Å². The summed E-state index contributed by atoms with van der Waals surface area (Å²) >= 11 is 6.17. The van der Waals surface area contributed by atoms with Crippen LogP contribution in [-0.4, -0.2) is 69.9 Å². The number of nitrogens with one attached hydrogen (secondary N) is 5. The van der Waals surface area contributed by atoms with E-state index in [9.17, 15) is 28.8 Å². The van der Waals surface area contributed by atoms with Crippen LogP contribution in [0.25, 0.3) is 21.7 Å². The molecule has 5 aromatic rings. The van der Waals surface area contributed by atoms with Crippen LogP contribution in [0.1, 0.15) is 76.9 Å². The van der Waals surface area contributed by atoms with Gasteiger partial charge in [-0.15, -0.1) is 0 Å². The molecule has 310 valence electrons. The molecule has 5 N–H and O–H groups in total. The number of ether oxygens (including phenoxy) is 2. The molecule has 14 heteroatoms. The standard InChI is InChI=1S/C45H50ClN5O8/c1-44(2,3)58-38(52)21-20-34(40(54)47-32-14-8-7-9-15-32)49-43(57)37(26-39(53)59-45(4,5)6)51-41(55)35(23-27-16-17-28-12-10-11-13-29(28)22-27)50-42(56)36-25-30-24-31(46)18-19-33(30)48-36/h7-19,22,24-25,34-35,37,48H,20-21,23,26H2,1-6H3,(H,47,54)(H,49,57)(H,50,56)(H,51,55)/t34-,35-,37-/m0/s1. The summed E-state index contributed by atoms with van der Waals surface area (Å²) in [4.78, 5) is 84.9. The molecule has 0 fully saturated rings. The fraction of sp³-hybridized carbons (Fsp3) is 0.333. The lowest BCUT2D eigenvalue weighted by molar-refractivity contribution is -0.156. The van der Waals surface area contributed by atoms with Crippen molar-refractivity contribution in [2.75, 3.05) is 5.32 Å². The first-order chi connectivity index (χ1) is 27.8. The van der Waals surface area contributed by atoms with E-state index in [2.05, 4.69) is 26.3 Å². The van der Waals surface area contributed by atoms with Crippen molar-refractivity contribution in [3.05, 3.63) is 113 Å². The quantitative estimate of drug-likeness (QED) is 0.0716. The Hall–Kier alpha value is -6.21. The van der Waals surface area contributed by atoms with E-state index in [4.69, 9.17) is 21.1 Å². The molecule has 0 spiro atoms. The van der Waals surface area contributed by atoms with Gasteiger partial charge >= 0.3 is 11.9 Å². The molecular formula is C45H50ClN5O8. The van der Waals surface area contributed by atoms with Crippen molar-refractivity contribution in [3.8, 4) is 0 Å². The van der Waals surface area contributed by atoms with Gasteiger partial charge in [-0.1, -0.05) is 72.3 Å². The number of para-hydroxylation sites is 1. The number of aromatic nitrogens is 1. The Morgan fingerprint density at radius 2 is 1.25 bits per heavy atom. The minimum absolute atomic E-state index is 0.00718. The molecule has 0 saturated carbocycles. The molecule has 59 heavy (non-hydrogen) atoms. The first-order valence-corrected chi connectivity index (χ1v) is 19.7. The smallest absolute Gasteiger partial charge is 0.308 e. The monoisotopic (exact) mass is 823 g/mol. The van der Waals surface area contributed by atoms with Gasteiger partial charge in [0.15, 0.2) is 0 Å². The van der Waals surface area contributed by atoms with Crippen LogP contribution in [0.15, 0.2) is 97.1 Å². The highest BCUT2D eigenvalue weighted by Crippen LogP contribution is 2.22. The predicted octanol–water partition coefficient (Wildman–Crippen LogP) is 6.78. The van der Waals surface area contributed by atoms with Crippen LogP contribution >= 0.6 is 11.6 Å². The largest absolute Gasteiger partial charge is 0.460 e. The Morgan fingerprint density at radius 1 is 0.627 bits per heavy atom. The molecule has 0 bridgehead atoms. The second-order valence-corrected chi connectivity index (χ2v) is 16.7. The number of H-pyrrole nitrogens is 1. The zero-order valence-corrected chi connectivity index (χ0v) is 34.7. The first kappa shape index (κ1) is 43.9. The van der Waals surface area contributed by atoms with Crippen LogP contribution in [0.3, 0.4) is 0 Å². The fourth-order valence-electron chi connectivity index (χ4n) is 6.25. The minimum atomic E-state index is -1.57. The zero-order chi connectivity index (χ0) is 42.9. The van der Waals surface area contributed by atoms with Crippen LogP contribution < -0.4 is 21.3 Å². The highest BCUT2D eigenvalue weighted by molar-refractivity contribution is 6.31. The molecule has 0 unspecified atom stereocenters. The third kappa shape index (κ3) is 13.4.